The van der Waals surface area contributed by atoms with Crippen molar-refractivity contribution in [3.63, 3.8) is 0 Å². The van der Waals surface area contributed by atoms with Gasteiger partial charge in [0, 0.05) is 18.7 Å². The molecule has 4 nitrogen and oxygen atoms in total. The number of likely N-dealkylation sites (N-methyl/N-ethyl adjacent to an activating group) is 2. The van der Waals surface area contributed by atoms with Gasteiger partial charge >= 0.3 is 0 Å². The third kappa shape index (κ3) is 4.67. The zero-order valence-corrected chi connectivity index (χ0v) is 12.1. The number of halogens is 1. The standard InChI is InChI=1S/C14H19N3O.ClH/c1-15-8-9-17(2)11-14-16-10-13(18-14)12-6-4-3-5-7-12;/h3-7,10,15H,8-9,11H2,1-2H3;1H. The number of hydrogen-bond acceptors (Lipinski definition) is 4. The summed E-state index contributed by atoms with van der Waals surface area (Å²) in [5, 5.41) is 3.12. The Hall–Kier alpha value is -1.36. The molecule has 0 aliphatic carbocycles. The average Bonchev–Trinajstić information content (AvgIpc) is 2.86. The largest absolute Gasteiger partial charge is 0.439 e. The molecular formula is C14H20ClN3O. The Balaban J connectivity index is 0.00000180. The molecule has 1 aromatic carbocycles. The Kier molecular flexibility index (Phi) is 6.56. The maximum absolute atomic E-state index is 5.75. The van der Waals surface area contributed by atoms with Gasteiger partial charge in [-0.25, -0.2) is 4.98 Å². The lowest BCUT2D eigenvalue weighted by Crippen LogP contribution is -2.27. The van der Waals surface area contributed by atoms with Crippen molar-refractivity contribution >= 4 is 12.4 Å². The van der Waals surface area contributed by atoms with Gasteiger partial charge in [0.05, 0.1) is 12.7 Å². The SMILES string of the molecule is CNCCN(C)Cc1ncc(-c2ccccc2)o1.Cl. The van der Waals surface area contributed by atoms with Gasteiger partial charge in [0.2, 0.25) is 5.89 Å². The van der Waals surface area contributed by atoms with Crippen molar-refractivity contribution in [3.05, 3.63) is 42.4 Å². The van der Waals surface area contributed by atoms with E-state index in [1.165, 1.54) is 0 Å². The van der Waals surface area contributed by atoms with Crippen molar-refractivity contribution < 1.29 is 4.42 Å². The van der Waals surface area contributed by atoms with Gasteiger partial charge in [-0.05, 0) is 14.1 Å². The van der Waals surface area contributed by atoms with Crippen LogP contribution < -0.4 is 5.32 Å². The van der Waals surface area contributed by atoms with Crippen molar-refractivity contribution in [1.82, 2.24) is 15.2 Å². The molecule has 104 valence electrons. The van der Waals surface area contributed by atoms with Crippen LogP contribution >= 0.6 is 12.4 Å². The van der Waals surface area contributed by atoms with Crippen LogP contribution in [0.25, 0.3) is 11.3 Å². The number of nitrogens with one attached hydrogen (secondary N) is 1. The lowest BCUT2D eigenvalue weighted by Gasteiger charge is -2.13. The molecule has 0 saturated heterocycles. The van der Waals surface area contributed by atoms with Gasteiger partial charge in [-0.15, -0.1) is 12.4 Å². The Morgan fingerprint density at radius 2 is 2.00 bits per heavy atom. The molecule has 0 saturated carbocycles. The predicted octanol–water partition coefficient (Wildman–Crippen LogP) is 2.41. The lowest BCUT2D eigenvalue weighted by atomic mass is 10.2. The van der Waals surface area contributed by atoms with Crippen LogP contribution in [0, 0.1) is 0 Å². The van der Waals surface area contributed by atoms with Gasteiger partial charge < -0.3 is 9.73 Å². The molecule has 0 unspecified atom stereocenters. The zero-order chi connectivity index (χ0) is 12.8. The van der Waals surface area contributed by atoms with Gasteiger partial charge in [0.15, 0.2) is 5.76 Å². The molecule has 19 heavy (non-hydrogen) atoms. The number of benzene rings is 1. The van der Waals surface area contributed by atoms with Crippen LogP contribution in [0.15, 0.2) is 40.9 Å². The Bertz CT molecular complexity index is 473. The number of hydrogen-bond donors (Lipinski definition) is 1. The van der Waals surface area contributed by atoms with Gasteiger partial charge in [0.25, 0.3) is 0 Å². The van der Waals surface area contributed by atoms with Crippen LogP contribution in [0.3, 0.4) is 0 Å². The molecule has 0 spiro atoms. The summed E-state index contributed by atoms with van der Waals surface area (Å²) >= 11 is 0. The van der Waals surface area contributed by atoms with Crippen molar-refractivity contribution in [2.24, 2.45) is 0 Å². The summed E-state index contributed by atoms with van der Waals surface area (Å²) in [6.07, 6.45) is 1.79. The zero-order valence-electron chi connectivity index (χ0n) is 11.3. The smallest absolute Gasteiger partial charge is 0.209 e. The fourth-order valence-corrected chi connectivity index (χ4v) is 1.73. The molecule has 0 radical (unpaired) electrons. The second-order valence-corrected chi connectivity index (χ2v) is 4.33. The minimum Gasteiger partial charge on any atom is -0.439 e. The fraction of sp³-hybridized carbons (Fsp3) is 0.357. The van der Waals surface area contributed by atoms with E-state index in [2.05, 4.69) is 22.2 Å². The summed E-state index contributed by atoms with van der Waals surface area (Å²) in [5.74, 6) is 1.58. The molecule has 0 amide bonds. The topological polar surface area (TPSA) is 41.3 Å². The van der Waals surface area contributed by atoms with Crippen molar-refractivity contribution in [1.29, 1.82) is 0 Å². The highest BCUT2D eigenvalue weighted by Gasteiger charge is 2.08. The first-order chi connectivity index (χ1) is 8.79. The number of aromatic nitrogens is 1. The summed E-state index contributed by atoms with van der Waals surface area (Å²) in [4.78, 5) is 6.49. The number of oxazole rings is 1. The van der Waals surface area contributed by atoms with Gasteiger partial charge in [-0.1, -0.05) is 30.3 Å². The molecule has 2 rings (SSSR count). The van der Waals surface area contributed by atoms with Crippen LogP contribution in [-0.2, 0) is 6.54 Å². The van der Waals surface area contributed by atoms with E-state index in [0.29, 0.717) is 0 Å². The van der Waals surface area contributed by atoms with E-state index in [4.69, 9.17) is 4.42 Å². The quantitative estimate of drug-likeness (QED) is 0.883. The van der Waals surface area contributed by atoms with Crippen LogP contribution in [0.1, 0.15) is 5.89 Å². The number of nitrogens with zero attached hydrogens (tertiary/aromatic N) is 2. The lowest BCUT2D eigenvalue weighted by molar-refractivity contribution is 0.291. The second-order valence-electron chi connectivity index (χ2n) is 4.33. The van der Waals surface area contributed by atoms with Crippen LogP contribution in [-0.4, -0.2) is 37.1 Å². The Morgan fingerprint density at radius 3 is 2.68 bits per heavy atom. The second kappa shape index (κ2) is 7.94. The minimum atomic E-state index is 0. The summed E-state index contributed by atoms with van der Waals surface area (Å²) in [6, 6.07) is 10.0. The molecule has 0 aliphatic heterocycles. The minimum absolute atomic E-state index is 0. The van der Waals surface area contributed by atoms with E-state index >= 15 is 0 Å². The summed E-state index contributed by atoms with van der Waals surface area (Å²) in [7, 11) is 4.01. The fourth-order valence-electron chi connectivity index (χ4n) is 1.73. The van der Waals surface area contributed by atoms with E-state index in [1.54, 1.807) is 6.20 Å². The first kappa shape index (κ1) is 15.7. The van der Waals surface area contributed by atoms with Crippen LogP contribution in [0.2, 0.25) is 0 Å². The van der Waals surface area contributed by atoms with E-state index in [0.717, 1.165) is 36.8 Å². The van der Waals surface area contributed by atoms with Gasteiger partial charge in [-0.2, -0.15) is 0 Å². The summed E-state index contributed by atoms with van der Waals surface area (Å²) in [6.45, 7) is 2.66. The van der Waals surface area contributed by atoms with E-state index in [9.17, 15) is 0 Å². The van der Waals surface area contributed by atoms with Crippen molar-refractivity contribution in [2.75, 3.05) is 27.2 Å². The third-order valence-electron chi connectivity index (χ3n) is 2.76. The highest BCUT2D eigenvalue weighted by Crippen LogP contribution is 2.20. The maximum atomic E-state index is 5.75. The number of rotatable bonds is 6. The predicted molar refractivity (Wildman–Crippen MR) is 79.4 cm³/mol. The van der Waals surface area contributed by atoms with Crippen LogP contribution in [0.4, 0.5) is 0 Å². The van der Waals surface area contributed by atoms with Gasteiger partial charge in [-0.3, -0.25) is 4.90 Å². The first-order valence-electron chi connectivity index (χ1n) is 6.13. The monoisotopic (exact) mass is 281 g/mol. The molecule has 2 aromatic rings. The maximum Gasteiger partial charge on any atom is 0.209 e. The summed E-state index contributed by atoms with van der Waals surface area (Å²) in [5.41, 5.74) is 1.06. The van der Waals surface area contributed by atoms with Crippen molar-refractivity contribution in [3.8, 4) is 11.3 Å². The highest BCUT2D eigenvalue weighted by molar-refractivity contribution is 5.85. The molecule has 0 atom stereocenters. The van der Waals surface area contributed by atoms with E-state index in [-0.39, 0.29) is 12.4 Å². The highest BCUT2D eigenvalue weighted by atomic mass is 35.5. The molecule has 1 aromatic heterocycles. The third-order valence-corrected chi connectivity index (χ3v) is 2.76. The molecule has 1 heterocycles. The first-order valence-corrected chi connectivity index (χ1v) is 6.13. The summed E-state index contributed by atoms with van der Waals surface area (Å²) < 4.78 is 5.75. The Labute approximate surface area is 120 Å². The van der Waals surface area contributed by atoms with Crippen molar-refractivity contribution in [2.45, 2.75) is 6.54 Å². The molecule has 1 N–H and O–H groups in total. The Morgan fingerprint density at radius 1 is 1.26 bits per heavy atom. The molecule has 0 aliphatic rings. The van der Waals surface area contributed by atoms with Crippen LogP contribution in [0.5, 0.6) is 0 Å². The molecular weight excluding hydrogens is 262 g/mol. The average molecular weight is 282 g/mol. The normalized spacial score (nSPS) is 10.5. The molecule has 0 bridgehead atoms. The molecule has 0 fully saturated rings. The molecule has 5 heteroatoms. The van der Waals surface area contributed by atoms with E-state index < -0.39 is 0 Å². The van der Waals surface area contributed by atoms with Gasteiger partial charge in [0.1, 0.15) is 0 Å². The van der Waals surface area contributed by atoms with E-state index in [1.807, 2.05) is 37.4 Å².